The van der Waals surface area contributed by atoms with E-state index in [4.69, 9.17) is 0 Å². The Kier molecular flexibility index (Phi) is 5.36. The molecule has 2 aromatic heterocycles. The molecule has 0 bridgehead atoms. The molecule has 1 N–H and O–H groups in total. The Labute approximate surface area is 146 Å². The first-order chi connectivity index (χ1) is 11.6. The van der Waals surface area contributed by atoms with E-state index in [-0.39, 0.29) is 18.0 Å². The molecule has 5 nitrogen and oxygen atoms in total. The lowest BCUT2D eigenvalue weighted by Gasteiger charge is -2.35. The summed E-state index contributed by atoms with van der Waals surface area (Å²) in [7, 11) is 1.83. The summed E-state index contributed by atoms with van der Waals surface area (Å²) < 4.78 is 2.06. The molecule has 0 aliphatic heterocycles. The summed E-state index contributed by atoms with van der Waals surface area (Å²) in [5.74, 6) is 0.979. The van der Waals surface area contributed by atoms with Crippen molar-refractivity contribution in [3.8, 4) is 0 Å². The molecule has 2 heterocycles. The van der Waals surface area contributed by atoms with Crippen LogP contribution in [0.3, 0.4) is 0 Å². The summed E-state index contributed by atoms with van der Waals surface area (Å²) in [5, 5.41) is 15.0. The number of aliphatic hydroxyl groups is 1. The molecule has 1 amide bonds. The van der Waals surface area contributed by atoms with Crippen LogP contribution in [0.15, 0.2) is 29.2 Å². The molecule has 130 valence electrons. The number of carbonyl (C=O) groups excluding carboxylic acids is 1. The van der Waals surface area contributed by atoms with E-state index in [9.17, 15) is 9.90 Å². The van der Waals surface area contributed by atoms with E-state index < -0.39 is 6.10 Å². The zero-order chi connectivity index (χ0) is 17.1. The second-order valence-corrected chi connectivity index (χ2v) is 7.38. The molecule has 24 heavy (non-hydrogen) atoms. The van der Waals surface area contributed by atoms with Crippen molar-refractivity contribution < 1.29 is 9.90 Å². The number of aliphatic hydroxyl groups excluding tert-OH is 1. The molecule has 1 aliphatic carbocycles. The van der Waals surface area contributed by atoms with Crippen LogP contribution in [0.2, 0.25) is 0 Å². The van der Waals surface area contributed by atoms with Crippen molar-refractivity contribution in [3.05, 3.63) is 40.6 Å². The second-order valence-electron chi connectivity index (χ2n) is 6.60. The first-order valence-electron chi connectivity index (χ1n) is 8.52. The lowest BCUT2D eigenvalue weighted by Crippen LogP contribution is -2.47. The van der Waals surface area contributed by atoms with Gasteiger partial charge in [0.05, 0.1) is 24.6 Å². The van der Waals surface area contributed by atoms with Gasteiger partial charge < -0.3 is 14.6 Å². The number of likely N-dealkylation sites (N-methyl/N-ethyl adjacent to an activating group) is 1. The number of aromatic nitrogens is 2. The van der Waals surface area contributed by atoms with Crippen LogP contribution in [0.5, 0.6) is 0 Å². The summed E-state index contributed by atoms with van der Waals surface area (Å²) in [6, 6.07) is 1.82. The summed E-state index contributed by atoms with van der Waals surface area (Å²) in [5.41, 5.74) is 1.04. The maximum absolute atomic E-state index is 12.6. The van der Waals surface area contributed by atoms with Crippen LogP contribution in [0.25, 0.3) is 0 Å². The topological polar surface area (TPSA) is 58.4 Å². The predicted molar refractivity (Wildman–Crippen MR) is 95.1 cm³/mol. The third kappa shape index (κ3) is 3.54. The van der Waals surface area contributed by atoms with Crippen molar-refractivity contribution in [3.63, 3.8) is 0 Å². The number of carbonyl (C=O) groups is 1. The van der Waals surface area contributed by atoms with Gasteiger partial charge in [-0.3, -0.25) is 4.79 Å². The van der Waals surface area contributed by atoms with Gasteiger partial charge in [-0.2, -0.15) is 11.3 Å². The van der Waals surface area contributed by atoms with Gasteiger partial charge in [0.2, 0.25) is 5.91 Å². The normalized spacial score (nSPS) is 24.5. The monoisotopic (exact) mass is 347 g/mol. The van der Waals surface area contributed by atoms with Gasteiger partial charge in [-0.05, 0) is 42.2 Å². The molecule has 0 radical (unpaired) electrons. The highest BCUT2D eigenvalue weighted by molar-refractivity contribution is 7.07. The van der Waals surface area contributed by atoms with E-state index in [1.807, 2.05) is 37.0 Å². The molecule has 3 rings (SSSR count). The Bertz CT molecular complexity index is 668. The van der Waals surface area contributed by atoms with E-state index in [0.717, 1.165) is 37.1 Å². The van der Waals surface area contributed by atoms with Crippen LogP contribution < -0.4 is 0 Å². The Hall–Kier alpha value is -1.66. The van der Waals surface area contributed by atoms with Gasteiger partial charge in [0.25, 0.3) is 0 Å². The summed E-state index contributed by atoms with van der Waals surface area (Å²) in [6.45, 7) is 1.96. The van der Waals surface area contributed by atoms with Gasteiger partial charge in [0.15, 0.2) is 0 Å². The first-order valence-corrected chi connectivity index (χ1v) is 9.46. The number of nitrogens with zero attached hydrogens (tertiary/aromatic N) is 3. The fourth-order valence-electron chi connectivity index (χ4n) is 3.65. The number of imidazole rings is 1. The number of rotatable bonds is 4. The van der Waals surface area contributed by atoms with E-state index >= 15 is 0 Å². The van der Waals surface area contributed by atoms with Gasteiger partial charge in [-0.15, -0.1) is 0 Å². The third-order valence-electron chi connectivity index (χ3n) is 5.08. The number of hydrogen-bond donors (Lipinski definition) is 1. The molecule has 3 atom stereocenters. The predicted octanol–water partition coefficient (Wildman–Crippen LogP) is 2.80. The molecule has 0 unspecified atom stereocenters. The second kappa shape index (κ2) is 7.49. The van der Waals surface area contributed by atoms with Gasteiger partial charge in [0, 0.05) is 19.4 Å². The highest BCUT2D eigenvalue weighted by atomic mass is 32.1. The van der Waals surface area contributed by atoms with Crippen molar-refractivity contribution in [2.45, 2.75) is 57.2 Å². The molecule has 0 spiro atoms. The van der Waals surface area contributed by atoms with Gasteiger partial charge in [-0.1, -0.05) is 12.8 Å². The molecule has 1 saturated carbocycles. The average Bonchev–Trinajstić information content (AvgIpc) is 3.18. The molecular weight excluding hydrogens is 322 g/mol. The molecular formula is C18H25N3O2S. The maximum atomic E-state index is 12.6. The fraction of sp³-hybridized carbons (Fsp3) is 0.556. The van der Waals surface area contributed by atoms with Crippen molar-refractivity contribution in [1.82, 2.24) is 14.5 Å². The van der Waals surface area contributed by atoms with E-state index in [2.05, 4.69) is 9.55 Å². The van der Waals surface area contributed by atoms with Crippen LogP contribution in [-0.4, -0.2) is 44.7 Å². The zero-order valence-electron chi connectivity index (χ0n) is 14.3. The van der Waals surface area contributed by atoms with E-state index in [1.165, 1.54) is 0 Å². The lowest BCUT2D eigenvalue weighted by molar-refractivity contribution is -0.134. The fourth-order valence-corrected chi connectivity index (χ4v) is 4.32. The number of amides is 1. The first kappa shape index (κ1) is 17.2. The summed E-state index contributed by atoms with van der Waals surface area (Å²) in [4.78, 5) is 18.7. The molecule has 2 aromatic rings. The average molecular weight is 347 g/mol. The summed E-state index contributed by atoms with van der Waals surface area (Å²) >= 11 is 1.60. The standard InChI is InChI=1S/C18H25N3O2S/c1-13-19-8-9-21(13)16-6-4-3-5-15(18(16)23)20(2)17(22)11-14-7-10-24-12-14/h7-10,12,15-16,18,23H,3-6,11H2,1-2H3/t15-,16-,18-/m1/s1. The van der Waals surface area contributed by atoms with Crippen molar-refractivity contribution >= 4 is 17.2 Å². The van der Waals surface area contributed by atoms with E-state index in [1.54, 1.807) is 22.4 Å². The van der Waals surface area contributed by atoms with Crippen LogP contribution in [0.1, 0.15) is 43.1 Å². The minimum absolute atomic E-state index is 0.0172. The highest BCUT2D eigenvalue weighted by Gasteiger charge is 2.35. The van der Waals surface area contributed by atoms with Gasteiger partial charge >= 0.3 is 0 Å². The third-order valence-corrected chi connectivity index (χ3v) is 5.82. The van der Waals surface area contributed by atoms with Gasteiger partial charge in [0.1, 0.15) is 5.82 Å². The van der Waals surface area contributed by atoms with Gasteiger partial charge in [-0.25, -0.2) is 4.98 Å². The van der Waals surface area contributed by atoms with Crippen molar-refractivity contribution in [2.24, 2.45) is 0 Å². The Morgan fingerprint density at radius 2 is 2.25 bits per heavy atom. The Morgan fingerprint density at radius 3 is 2.92 bits per heavy atom. The Morgan fingerprint density at radius 1 is 1.46 bits per heavy atom. The molecule has 1 aliphatic rings. The van der Waals surface area contributed by atoms with E-state index in [0.29, 0.717) is 6.42 Å². The minimum Gasteiger partial charge on any atom is -0.389 e. The van der Waals surface area contributed by atoms with Crippen LogP contribution in [-0.2, 0) is 11.2 Å². The largest absolute Gasteiger partial charge is 0.389 e. The zero-order valence-corrected chi connectivity index (χ0v) is 15.1. The SMILES string of the molecule is Cc1nccn1[C@@H]1CCCC[C@@H](N(C)C(=O)Cc2ccsc2)[C@H]1O. The smallest absolute Gasteiger partial charge is 0.227 e. The molecule has 0 aromatic carbocycles. The van der Waals surface area contributed by atoms with Crippen LogP contribution in [0, 0.1) is 6.92 Å². The van der Waals surface area contributed by atoms with Crippen LogP contribution >= 0.6 is 11.3 Å². The molecule has 0 saturated heterocycles. The van der Waals surface area contributed by atoms with Crippen LogP contribution in [0.4, 0.5) is 0 Å². The maximum Gasteiger partial charge on any atom is 0.227 e. The highest BCUT2D eigenvalue weighted by Crippen LogP contribution is 2.31. The molecule has 6 heteroatoms. The lowest BCUT2D eigenvalue weighted by atomic mass is 9.99. The van der Waals surface area contributed by atoms with Crippen molar-refractivity contribution in [1.29, 1.82) is 0 Å². The Balaban J connectivity index is 1.75. The summed E-state index contributed by atoms with van der Waals surface area (Å²) in [6.07, 6.45) is 7.38. The molecule has 1 fully saturated rings. The number of aryl methyl sites for hydroxylation is 1. The minimum atomic E-state index is -0.572. The quantitative estimate of drug-likeness (QED) is 0.865. The number of hydrogen-bond acceptors (Lipinski definition) is 4. The van der Waals surface area contributed by atoms with Crippen molar-refractivity contribution in [2.75, 3.05) is 7.05 Å². The number of thiophene rings is 1.